The van der Waals surface area contributed by atoms with Crippen LogP contribution in [0.1, 0.15) is 18.9 Å². The lowest BCUT2D eigenvalue weighted by molar-refractivity contribution is -0.384. The maximum Gasteiger partial charge on any atom is 0.269 e. The number of benzene rings is 1. The normalized spacial score (nSPS) is 12.4. The summed E-state index contributed by atoms with van der Waals surface area (Å²) in [5, 5.41) is 29.0. The van der Waals surface area contributed by atoms with Gasteiger partial charge in [0.1, 0.15) is 5.75 Å². The molecule has 0 fully saturated rings. The van der Waals surface area contributed by atoms with Gasteiger partial charge < -0.3 is 10.2 Å². The molecule has 5 nitrogen and oxygen atoms in total. The highest BCUT2D eigenvalue weighted by molar-refractivity contribution is 5.43. The SMILES string of the molecule is CC(O)CCc1cc([N+](=O)[O-])ccc1O. The Labute approximate surface area is 87.1 Å². The fourth-order valence-corrected chi connectivity index (χ4v) is 1.25. The second-order valence-electron chi connectivity index (χ2n) is 3.46. The summed E-state index contributed by atoms with van der Waals surface area (Å²) in [5.74, 6) is 0.0289. The maximum absolute atomic E-state index is 10.5. The Morgan fingerprint density at radius 2 is 2.20 bits per heavy atom. The first kappa shape index (κ1) is 11.5. The van der Waals surface area contributed by atoms with Gasteiger partial charge in [0, 0.05) is 17.7 Å². The van der Waals surface area contributed by atoms with Crippen molar-refractivity contribution in [1.82, 2.24) is 0 Å². The Morgan fingerprint density at radius 1 is 1.53 bits per heavy atom. The minimum absolute atomic E-state index is 0.0289. The molecule has 0 aliphatic carbocycles. The third-order valence-electron chi connectivity index (χ3n) is 2.11. The van der Waals surface area contributed by atoms with Crippen LogP contribution in [0.5, 0.6) is 5.75 Å². The lowest BCUT2D eigenvalue weighted by Gasteiger charge is -2.05. The Bertz CT molecular complexity index is 362. The summed E-state index contributed by atoms with van der Waals surface area (Å²) in [7, 11) is 0. The molecule has 15 heavy (non-hydrogen) atoms. The van der Waals surface area contributed by atoms with Gasteiger partial charge in [0.15, 0.2) is 0 Å². The van der Waals surface area contributed by atoms with Crippen LogP contribution in [0.2, 0.25) is 0 Å². The number of phenols is 1. The van der Waals surface area contributed by atoms with E-state index in [1.54, 1.807) is 6.92 Å². The Morgan fingerprint density at radius 3 is 2.73 bits per heavy atom. The molecule has 0 spiro atoms. The molecule has 1 rings (SSSR count). The number of nitro groups is 1. The van der Waals surface area contributed by atoms with E-state index in [4.69, 9.17) is 5.11 Å². The fraction of sp³-hybridized carbons (Fsp3) is 0.400. The van der Waals surface area contributed by atoms with Crippen molar-refractivity contribution in [3.63, 3.8) is 0 Å². The molecular formula is C10H13NO4. The second kappa shape index (κ2) is 4.75. The van der Waals surface area contributed by atoms with Gasteiger partial charge in [-0.25, -0.2) is 0 Å². The average Bonchev–Trinajstić information content (AvgIpc) is 2.16. The molecule has 0 aromatic heterocycles. The van der Waals surface area contributed by atoms with Crippen molar-refractivity contribution in [2.45, 2.75) is 25.9 Å². The van der Waals surface area contributed by atoms with Gasteiger partial charge in [-0.2, -0.15) is 0 Å². The number of non-ortho nitro benzene ring substituents is 1. The smallest absolute Gasteiger partial charge is 0.269 e. The Balaban J connectivity index is 2.85. The van der Waals surface area contributed by atoms with Gasteiger partial charge in [-0.05, 0) is 25.8 Å². The molecule has 0 aliphatic heterocycles. The molecule has 2 N–H and O–H groups in total. The van der Waals surface area contributed by atoms with E-state index in [9.17, 15) is 15.2 Å². The van der Waals surface area contributed by atoms with Crippen molar-refractivity contribution in [3.8, 4) is 5.75 Å². The number of nitrogens with zero attached hydrogens (tertiary/aromatic N) is 1. The molecule has 0 heterocycles. The highest BCUT2D eigenvalue weighted by atomic mass is 16.6. The van der Waals surface area contributed by atoms with E-state index in [2.05, 4.69) is 0 Å². The minimum atomic E-state index is -0.509. The number of nitro benzene ring substituents is 1. The molecule has 0 amide bonds. The minimum Gasteiger partial charge on any atom is -0.508 e. The number of aromatic hydroxyl groups is 1. The number of aryl methyl sites for hydroxylation is 1. The number of phenolic OH excluding ortho intramolecular Hbond substituents is 1. The highest BCUT2D eigenvalue weighted by Gasteiger charge is 2.10. The van der Waals surface area contributed by atoms with E-state index in [0.717, 1.165) is 0 Å². The third kappa shape index (κ3) is 3.21. The number of aliphatic hydroxyl groups excluding tert-OH is 1. The van der Waals surface area contributed by atoms with Crippen molar-refractivity contribution >= 4 is 5.69 Å². The molecule has 0 saturated heterocycles. The van der Waals surface area contributed by atoms with Crippen molar-refractivity contribution in [2.75, 3.05) is 0 Å². The van der Waals surface area contributed by atoms with E-state index in [-0.39, 0.29) is 11.4 Å². The average molecular weight is 211 g/mol. The molecule has 82 valence electrons. The van der Waals surface area contributed by atoms with Gasteiger partial charge in [0.25, 0.3) is 5.69 Å². The van der Waals surface area contributed by atoms with Gasteiger partial charge >= 0.3 is 0 Å². The standard InChI is InChI=1S/C10H13NO4/c1-7(12)2-3-8-6-9(11(14)15)4-5-10(8)13/h4-7,12-13H,2-3H2,1H3. The van der Waals surface area contributed by atoms with Crippen molar-refractivity contribution in [1.29, 1.82) is 0 Å². The van der Waals surface area contributed by atoms with Crippen LogP contribution in [-0.2, 0) is 6.42 Å². The quantitative estimate of drug-likeness (QED) is 0.585. The third-order valence-corrected chi connectivity index (χ3v) is 2.11. The molecule has 0 radical (unpaired) electrons. The molecule has 1 atom stereocenters. The number of hydrogen-bond donors (Lipinski definition) is 2. The molecule has 1 aromatic rings. The molecule has 1 aromatic carbocycles. The first-order valence-electron chi connectivity index (χ1n) is 4.65. The van der Waals surface area contributed by atoms with E-state index in [1.165, 1.54) is 18.2 Å². The van der Waals surface area contributed by atoms with Crippen LogP contribution in [0, 0.1) is 10.1 Å². The summed E-state index contributed by atoms with van der Waals surface area (Å²) in [6.07, 6.45) is 0.406. The van der Waals surface area contributed by atoms with Gasteiger partial charge in [-0.1, -0.05) is 0 Å². The topological polar surface area (TPSA) is 83.6 Å². The lowest BCUT2D eigenvalue weighted by atomic mass is 10.1. The largest absolute Gasteiger partial charge is 0.508 e. The number of aliphatic hydroxyl groups is 1. The van der Waals surface area contributed by atoms with Gasteiger partial charge in [0.2, 0.25) is 0 Å². The second-order valence-corrected chi connectivity index (χ2v) is 3.46. The summed E-state index contributed by atoms with van der Waals surface area (Å²) in [6, 6.07) is 3.88. The van der Waals surface area contributed by atoms with Gasteiger partial charge in [-0.3, -0.25) is 10.1 Å². The number of hydrogen-bond acceptors (Lipinski definition) is 4. The van der Waals surface area contributed by atoms with Gasteiger partial charge in [0.05, 0.1) is 11.0 Å². The zero-order chi connectivity index (χ0) is 11.4. The molecule has 0 aliphatic rings. The van der Waals surface area contributed by atoms with Crippen molar-refractivity contribution in [3.05, 3.63) is 33.9 Å². The van der Waals surface area contributed by atoms with Crippen LogP contribution in [0.25, 0.3) is 0 Å². The Hall–Kier alpha value is -1.62. The molecule has 5 heteroatoms. The first-order valence-corrected chi connectivity index (χ1v) is 4.65. The van der Waals surface area contributed by atoms with E-state index in [0.29, 0.717) is 18.4 Å². The fourth-order valence-electron chi connectivity index (χ4n) is 1.25. The van der Waals surface area contributed by atoms with Crippen LogP contribution >= 0.6 is 0 Å². The molecular weight excluding hydrogens is 198 g/mol. The zero-order valence-electron chi connectivity index (χ0n) is 8.38. The summed E-state index contributed by atoms with van der Waals surface area (Å²) < 4.78 is 0. The van der Waals surface area contributed by atoms with Gasteiger partial charge in [-0.15, -0.1) is 0 Å². The van der Waals surface area contributed by atoms with Crippen LogP contribution in [0.4, 0.5) is 5.69 Å². The molecule has 0 saturated carbocycles. The number of rotatable bonds is 4. The summed E-state index contributed by atoms with van der Waals surface area (Å²) >= 11 is 0. The van der Waals surface area contributed by atoms with Crippen LogP contribution < -0.4 is 0 Å². The maximum atomic E-state index is 10.5. The van der Waals surface area contributed by atoms with E-state index < -0.39 is 11.0 Å². The van der Waals surface area contributed by atoms with Crippen LogP contribution in [-0.4, -0.2) is 21.2 Å². The molecule has 1 unspecified atom stereocenters. The summed E-state index contributed by atoms with van der Waals surface area (Å²) in [5.41, 5.74) is 0.443. The zero-order valence-corrected chi connectivity index (χ0v) is 8.38. The predicted molar refractivity (Wildman–Crippen MR) is 54.8 cm³/mol. The summed E-state index contributed by atoms with van der Waals surface area (Å²) in [6.45, 7) is 1.63. The predicted octanol–water partition coefficient (Wildman–Crippen LogP) is 1.61. The van der Waals surface area contributed by atoms with Crippen molar-refractivity contribution in [2.24, 2.45) is 0 Å². The Kier molecular flexibility index (Phi) is 3.62. The highest BCUT2D eigenvalue weighted by Crippen LogP contribution is 2.24. The van der Waals surface area contributed by atoms with E-state index >= 15 is 0 Å². The first-order chi connectivity index (χ1) is 7.00. The lowest BCUT2D eigenvalue weighted by Crippen LogP contribution is -2.02. The van der Waals surface area contributed by atoms with Crippen molar-refractivity contribution < 1.29 is 15.1 Å². The monoisotopic (exact) mass is 211 g/mol. The van der Waals surface area contributed by atoms with Crippen LogP contribution in [0.3, 0.4) is 0 Å². The molecule has 0 bridgehead atoms. The van der Waals surface area contributed by atoms with E-state index in [1.807, 2.05) is 0 Å². The summed E-state index contributed by atoms with van der Waals surface area (Å²) in [4.78, 5) is 9.97. The van der Waals surface area contributed by atoms with Crippen LogP contribution in [0.15, 0.2) is 18.2 Å².